The molecule has 1 heterocycles. The van der Waals surface area contributed by atoms with Gasteiger partial charge in [-0.25, -0.2) is 0 Å². The van der Waals surface area contributed by atoms with E-state index >= 15 is 0 Å². The molecule has 1 fully saturated rings. The van der Waals surface area contributed by atoms with Crippen molar-refractivity contribution >= 4 is 29.9 Å². The fraction of sp³-hybridized carbons (Fsp3) is 0.650. The Bertz CT molecular complexity index is 490. The zero-order chi connectivity index (χ0) is 17.7. The molecule has 1 aliphatic rings. The Kier molecular flexibility index (Phi) is 12.7. The average molecular weight is 474 g/mol. The van der Waals surface area contributed by atoms with Crippen molar-refractivity contribution in [2.45, 2.75) is 33.2 Å². The third-order valence-corrected chi connectivity index (χ3v) is 4.42. The molecule has 1 N–H and O–H groups in total. The molecule has 0 unspecified atom stereocenters. The normalized spacial score (nSPS) is 15.6. The number of guanidine groups is 1. The van der Waals surface area contributed by atoms with Crippen molar-refractivity contribution in [2.24, 2.45) is 4.99 Å². The lowest BCUT2D eigenvalue weighted by atomic mass is 10.2. The van der Waals surface area contributed by atoms with E-state index in [4.69, 9.17) is 9.73 Å². The maximum Gasteiger partial charge on any atom is 0.194 e. The number of hydrogen-bond acceptors (Lipinski definition) is 3. The van der Waals surface area contributed by atoms with Crippen LogP contribution in [0.3, 0.4) is 0 Å². The van der Waals surface area contributed by atoms with Crippen molar-refractivity contribution in [2.75, 3.05) is 52.5 Å². The van der Waals surface area contributed by atoms with Gasteiger partial charge < -0.3 is 15.0 Å². The van der Waals surface area contributed by atoms with Crippen molar-refractivity contribution < 1.29 is 4.74 Å². The molecule has 26 heavy (non-hydrogen) atoms. The van der Waals surface area contributed by atoms with Gasteiger partial charge in [0.05, 0.1) is 0 Å². The highest BCUT2D eigenvalue weighted by Crippen LogP contribution is 2.08. The second-order valence-corrected chi connectivity index (χ2v) is 6.39. The molecule has 1 aromatic carbocycles. The zero-order valence-electron chi connectivity index (χ0n) is 16.3. The van der Waals surface area contributed by atoms with Gasteiger partial charge in [-0.3, -0.25) is 9.89 Å². The molecular formula is C20H35IN4O. The van der Waals surface area contributed by atoms with Gasteiger partial charge in [-0.15, -0.1) is 24.0 Å². The summed E-state index contributed by atoms with van der Waals surface area (Å²) in [6, 6.07) is 10.7. The predicted octanol–water partition coefficient (Wildman–Crippen LogP) is 3.20. The molecule has 0 aromatic heterocycles. The second-order valence-electron chi connectivity index (χ2n) is 6.39. The minimum absolute atomic E-state index is 0. The SMILES string of the molecule is CCNC(=NCCCCOCC)N1CCN(Cc2ccccc2)CC1.I. The van der Waals surface area contributed by atoms with Crippen LogP contribution in [0.2, 0.25) is 0 Å². The van der Waals surface area contributed by atoms with Crippen LogP contribution in [0.1, 0.15) is 32.3 Å². The number of benzene rings is 1. The van der Waals surface area contributed by atoms with Gasteiger partial charge in [0.2, 0.25) is 0 Å². The summed E-state index contributed by atoms with van der Waals surface area (Å²) in [4.78, 5) is 9.72. The zero-order valence-corrected chi connectivity index (χ0v) is 18.7. The number of hydrogen-bond donors (Lipinski definition) is 1. The largest absolute Gasteiger partial charge is 0.382 e. The first-order chi connectivity index (χ1) is 12.3. The molecule has 5 nitrogen and oxygen atoms in total. The molecule has 0 atom stereocenters. The molecule has 6 heteroatoms. The van der Waals surface area contributed by atoms with E-state index in [1.54, 1.807) is 0 Å². The number of rotatable bonds is 9. The Hall–Kier alpha value is -0.860. The molecule has 148 valence electrons. The topological polar surface area (TPSA) is 40.1 Å². The fourth-order valence-electron chi connectivity index (χ4n) is 3.03. The molecule has 1 aromatic rings. The number of aliphatic imine (C=N–C) groups is 1. The highest BCUT2D eigenvalue weighted by atomic mass is 127. The highest BCUT2D eigenvalue weighted by Gasteiger charge is 2.19. The molecule has 0 amide bonds. The molecule has 1 aliphatic heterocycles. The predicted molar refractivity (Wildman–Crippen MR) is 120 cm³/mol. The smallest absolute Gasteiger partial charge is 0.194 e. The van der Waals surface area contributed by atoms with Gasteiger partial charge >= 0.3 is 0 Å². The Balaban J connectivity index is 0.00000338. The van der Waals surface area contributed by atoms with Crippen LogP contribution in [-0.4, -0.2) is 68.2 Å². The summed E-state index contributed by atoms with van der Waals surface area (Å²) in [7, 11) is 0. The van der Waals surface area contributed by atoms with Crippen LogP contribution in [-0.2, 0) is 11.3 Å². The molecule has 0 aliphatic carbocycles. The first kappa shape index (κ1) is 23.2. The van der Waals surface area contributed by atoms with E-state index in [0.29, 0.717) is 0 Å². The molecule has 2 rings (SSSR count). The van der Waals surface area contributed by atoms with Crippen LogP contribution >= 0.6 is 24.0 Å². The number of unbranched alkanes of at least 4 members (excludes halogenated alkanes) is 1. The lowest BCUT2D eigenvalue weighted by molar-refractivity contribution is 0.144. The van der Waals surface area contributed by atoms with Crippen LogP contribution in [0.5, 0.6) is 0 Å². The van der Waals surface area contributed by atoms with Crippen LogP contribution in [0.15, 0.2) is 35.3 Å². The average Bonchev–Trinajstić information content (AvgIpc) is 2.65. The van der Waals surface area contributed by atoms with Crippen molar-refractivity contribution in [3.63, 3.8) is 0 Å². The quantitative estimate of drug-likeness (QED) is 0.258. The second kappa shape index (κ2) is 14.2. The van der Waals surface area contributed by atoms with Gasteiger partial charge in [-0.2, -0.15) is 0 Å². The molecule has 0 bridgehead atoms. The summed E-state index contributed by atoms with van der Waals surface area (Å²) < 4.78 is 5.38. The van der Waals surface area contributed by atoms with Gasteiger partial charge in [-0.1, -0.05) is 30.3 Å². The van der Waals surface area contributed by atoms with Crippen molar-refractivity contribution in [3.8, 4) is 0 Å². The third kappa shape index (κ3) is 8.68. The Morgan fingerprint density at radius 3 is 2.46 bits per heavy atom. The number of nitrogens with zero attached hydrogens (tertiary/aromatic N) is 3. The molecule has 0 spiro atoms. The van der Waals surface area contributed by atoms with Crippen molar-refractivity contribution in [1.82, 2.24) is 15.1 Å². The highest BCUT2D eigenvalue weighted by molar-refractivity contribution is 14.0. The minimum Gasteiger partial charge on any atom is -0.382 e. The van der Waals surface area contributed by atoms with E-state index in [2.05, 4.69) is 52.4 Å². The number of nitrogens with one attached hydrogen (secondary N) is 1. The molecule has 0 saturated carbocycles. The van der Waals surface area contributed by atoms with Crippen LogP contribution < -0.4 is 5.32 Å². The van der Waals surface area contributed by atoms with Crippen molar-refractivity contribution in [1.29, 1.82) is 0 Å². The Morgan fingerprint density at radius 1 is 1.08 bits per heavy atom. The fourth-order valence-corrected chi connectivity index (χ4v) is 3.03. The van der Waals surface area contributed by atoms with Gasteiger partial charge in [0.25, 0.3) is 0 Å². The number of halogens is 1. The summed E-state index contributed by atoms with van der Waals surface area (Å²) in [6.45, 7) is 12.9. The van der Waals surface area contributed by atoms with E-state index in [1.165, 1.54) is 5.56 Å². The van der Waals surface area contributed by atoms with Gasteiger partial charge in [0.1, 0.15) is 0 Å². The monoisotopic (exact) mass is 474 g/mol. The van der Waals surface area contributed by atoms with E-state index < -0.39 is 0 Å². The third-order valence-electron chi connectivity index (χ3n) is 4.42. The van der Waals surface area contributed by atoms with Crippen LogP contribution in [0.4, 0.5) is 0 Å². The summed E-state index contributed by atoms with van der Waals surface area (Å²) in [5.41, 5.74) is 1.39. The summed E-state index contributed by atoms with van der Waals surface area (Å²) in [6.07, 6.45) is 2.17. The Labute approximate surface area is 176 Å². The maximum atomic E-state index is 5.38. The summed E-state index contributed by atoms with van der Waals surface area (Å²) >= 11 is 0. The standard InChI is InChI=1S/C20H34N4O.HI/c1-3-21-20(22-12-8-9-17-25-4-2)24-15-13-23(14-16-24)18-19-10-6-5-7-11-19;/h5-7,10-11H,3-4,8-9,12-18H2,1-2H3,(H,21,22);1H. The van der Waals surface area contributed by atoms with Gasteiger partial charge in [0.15, 0.2) is 5.96 Å². The van der Waals surface area contributed by atoms with E-state index in [0.717, 1.165) is 77.8 Å². The molecular weight excluding hydrogens is 439 g/mol. The molecule has 0 radical (unpaired) electrons. The maximum absolute atomic E-state index is 5.38. The van der Waals surface area contributed by atoms with Crippen LogP contribution in [0.25, 0.3) is 0 Å². The minimum atomic E-state index is 0. The van der Waals surface area contributed by atoms with Crippen LogP contribution in [0, 0.1) is 0 Å². The van der Waals surface area contributed by atoms with E-state index in [1.807, 2.05) is 6.92 Å². The first-order valence-electron chi connectivity index (χ1n) is 9.70. The van der Waals surface area contributed by atoms with Gasteiger partial charge in [-0.05, 0) is 32.3 Å². The first-order valence-corrected chi connectivity index (χ1v) is 9.70. The van der Waals surface area contributed by atoms with E-state index in [-0.39, 0.29) is 24.0 Å². The Morgan fingerprint density at radius 2 is 1.81 bits per heavy atom. The summed E-state index contributed by atoms with van der Waals surface area (Å²) in [5.74, 6) is 1.07. The van der Waals surface area contributed by atoms with Gasteiger partial charge in [0, 0.05) is 59.0 Å². The molecule has 1 saturated heterocycles. The lowest BCUT2D eigenvalue weighted by Crippen LogP contribution is -2.52. The lowest BCUT2D eigenvalue weighted by Gasteiger charge is -2.36. The van der Waals surface area contributed by atoms with Crippen molar-refractivity contribution in [3.05, 3.63) is 35.9 Å². The number of piperazine rings is 1. The number of ether oxygens (including phenoxy) is 1. The summed E-state index contributed by atoms with van der Waals surface area (Å²) in [5, 5.41) is 3.45. The van der Waals surface area contributed by atoms with E-state index in [9.17, 15) is 0 Å².